The van der Waals surface area contributed by atoms with Crippen molar-refractivity contribution in [3.63, 3.8) is 0 Å². The highest BCUT2D eigenvalue weighted by Crippen LogP contribution is 2.39. The largest absolute Gasteiger partial charge is 0.354 e. The molecule has 0 spiro atoms. The van der Waals surface area contributed by atoms with Crippen LogP contribution in [0.4, 0.5) is 0 Å². The SMILES string of the molecule is CC(C)(C)c1ccc(-c2c3nc(c(-c4ccc(C(C)(C)C)cc4)c4ccc([nH]4)c(-n4cc(-c5ccccc5)nn4)c4nc(c(-c5ccc(C(C)(C)C)cc5)c5ccc2[nH]5)C=C4)C=C3)cc1. The molecular formula is C58H55N7. The lowest BCUT2D eigenvalue weighted by Crippen LogP contribution is -2.10. The second-order valence-electron chi connectivity index (χ2n) is 20.4. The Labute approximate surface area is 381 Å². The smallest absolute Gasteiger partial charge is 0.115 e. The Morgan fingerprint density at radius 1 is 0.385 bits per heavy atom. The molecule has 8 aromatic rings. The van der Waals surface area contributed by atoms with Crippen molar-refractivity contribution in [3.05, 3.63) is 173 Å². The van der Waals surface area contributed by atoms with Gasteiger partial charge in [-0.05, 0) is 98.2 Å². The summed E-state index contributed by atoms with van der Waals surface area (Å²) in [5.41, 5.74) is 19.7. The highest BCUT2D eigenvalue weighted by Gasteiger charge is 2.22. The van der Waals surface area contributed by atoms with Crippen molar-refractivity contribution in [1.82, 2.24) is 34.9 Å². The van der Waals surface area contributed by atoms with Gasteiger partial charge in [-0.2, -0.15) is 0 Å². The third-order valence-corrected chi connectivity index (χ3v) is 12.6. The topological polar surface area (TPSA) is 88.1 Å². The molecule has 0 fully saturated rings. The van der Waals surface area contributed by atoms with Gasteiger partial charge in [0, 0.05) is 38.8 Å². The van der Waals surface area contributed by atoms with E-state index in [4.69, 9.17) is 15.2 Å². The van der Waals surface area contributed by atoms with E-state index in [1.165, 1.54) is 16.7 Å². The summed E-state index contributed by atoms with van der Waals surface area (Å²) in [6.07, 6.45) is 10.5. The summed E-state index contributed by atoms with van der Waals surface area (Å²) in [6, 6.07) is 45.6. The fourth-order valence-corrected chi connectivity index (χ4v) is 8.87. The number of fused-ring (bicyclic) bond motifs is 8. The first-order chi connectivity index (χ1) is 31.1. The maximum absolute atomic E-state index is 5.53. The molecule has 65 heavy (non-hydrogen) atoms. The van der Waals surface area contributed by atoms with Crippen molar-refractivity contribution in [1.29, 1.82) is 0 Å². The number of H-pyrrole nitrogens is 2. The molecule has 6 heterocycles. The van der Waals surface area contributed by atoms with Gasteiger partial charge in [-0.3, -0.25) is 0 Å². The average molecular weight is 850 g/mol. The molecule has 4 aromatic heterocycles. The highest BCUT2D eigenvalue weighted by atomic mass is 15.4. The Bertz CT molecular complexity index is 3260. The first-order valence-electron chi connectivity index (χ1n) is 22.6. The third-order valence-electron chi connectivity index (χ3n) is 12.6. The van der Waals surface area contributed by atoms with Gasteiger partial charge in [0.1, 0.15) is 11.4 Å². The molecule has 8 bridgehead atoms. The number of nitrogens with one attached hydrogen (secondary N) is 2. The predicted molar refractivity (Wildman–Crippen MR) is 272 cm³/mol. The molecule has 0 atom stereocenters. The monoisotopic (exact) mass is 849 g/mol. The average Bonchev–Trinajstić information content (AvgIpc) is 4.15. The lowest BCUT2D eigenvalue weighted by atomic mass is 9.86. The summed E-state index contributed by atoms with van der Waals surface area (Å²) in [5, 5.41) is 9.41. The Morgan fingerprint density at radius 3 is 1.17 bits per heavy atom. The van der Waals surface area contributed by atoms with Gasteiger partial charge in [0.15, 0.2) is 0 Å². The molecule has 0 saturated heterocycles. The standard InChI is InChI=1S/C58H55N7/c1-56(2,3)40-21-15-37(16-22-40)52-43-27-29-45(59-43)53(38-17-23-41(24-18-38)57(4,5)6)47-31-33-49(61-47)55(65-35-51(63-64-65)36-13-11-10-12-14-36)50-34-32-48(62-50)54(46-30-28-44(52)60-46)39-19-25-42(26-20-39)58(7,8)9/h10-35,59,62H,1-9H3. The van der Waals surface area contributed by atoms with Gasteiger partial charge < -0.3 is 9.97 Å². The van der Waals surface area contributed by atoms with Crippen LogP contribution in [0.5, 0.6) is 0 Å². The van der Waals surface area contributed by atoms with Crippen molar-refractivity contribution in [2.75, 3.05) is 0 Å². The van der Waals surface area contributed by atoms with Crippen LogP contribution in [-0.4, -0.2) is 34.9 Å². The number of benzene rings is 4. The number of aromatic nitrogens is 7. The second-order valence-corrected chi connectivity index (χ2v) is 20.4. The van der Waals surface area contributed by atoms with Gasteiger partial charge in [0.2, 0.25) is 0 Å². The molecular weight excluding hydrogens is 795 g/mol. The molecule has 0 aliphatic carbocycles. The van der Waals surface area contributed by atoms with E-state index in [1.807, 2.05) is 29.1 Å². The molecule has 4 aromatic carbocycles. The van der Waals surface area contributed by atoms with Crippen molar-refractivity contribution < 1.29 is 0 Å². The summed E-state index contributed by atoms with van der Waals surface area (Å²) < 4.78 is 1.85. The van der Waals surface area contributed by atoms with Gasteiger partial charge in [-0.15, -0.1) is 5.10 Å². The van der Waals surface area contributed by atoms with Gasteiger partial charge in [0.05, 0.1) is 34.5 Å². The summed E-state index contributed by atoms with van der Waals surface area (Å²) in [5.74, 6) is 0. The van der Waals surface area contributed by atoms with E-state index in [0.29, 0.717) is 0 Å². The van der Waals surface area contributed by atoms with Crippen LogP contribution >= 0.6 is 0 Å². The Kier molecular flexibility index (Phi) is 10.1. The van der Waals surface area contributed by atoms with E-state index in [1.54, 1.807) is 0 Å². The Balaban J connectivity index is 1.32. The normalized spacial score (nSPS) is 12.9. The van der Waals surface area contributed by atoms with Crippen LogP contribution < -0.4 is 0 Å². The minimum atomic E-state index is 0.00906. The lowest BCUT2D eigenvalue weighted by Gasteiger charge is -2.19. The molecule has 7 heteroatoms. The zero-order valence-electron chi connectivity index (χ0n) is 38.7. The second kappa shape index (κ2) is 15.7. The molecule has 2 aliphatic heterocycles. The predicted octanol–water partition coefficient (Wildman–Crippen LogP) is 14.8. The van der Waals surface area contributed by atoms with Crippen molar-refractivity contribution in [2.24, 2.45) is 0 Å². The van der Waals surface area contributed by atoms with Crippen LogP contribution in [0.25, 0.3) is 96.7 Å². The molecule has 2 N–H and O–H groups in total. The molecule has 10 rings (SSSR count). The maximum Gasteiger partial charge on any atom is 0.115 e. The van der Waals surface area contributed by atoms with Crippen LogP contribution in [0, 0.1) is 0 Å². The quantitative estimate of drug-likeness (QED) is 0.181. The van der Waals surface area contributed by atoms with Gasteiger partial charge in [-0.25, -0.2) is 14.6 Å². The Hall–Kier alpha value is -7.38. The molecule has 322 valence electrons. The Morgan fingerprint density at radius 2 is 0.754 bits per heavy atom. The van der Waals surface area contributed by atoms with Gasteiger partial charge >= 0.3 is 0 Å². The number of hydrogen-bond acceptors (Lipinski definition) is 4. The minimum Gasteiger partial charge on any atom is -0.354 e. The summed E-state index contributed by atoms with van der Waals surface area (Å²) in [6.45, 7) is 20.3. The molecule has 0 unspecified atom stereocenters. The van der Waals surface area contributed by atoms with E-state index in [0.717, 1.165) is 95.2 Å². The molecule has 0 amide bonds. The lowest BCUT2D eigenvalue weighted by molar-refractivity contribution is 0.590. The van der Waals surface area contributed by atoms with Crippen molar-refractivity contribution in [3.8, 4) is 50.3 Å². The summed E-state index contributed by atoms with van der Waals surface area (Å²) >= 11 is 0. The number of rotatable bonds is 5. The summed E-state index contributed by atoms with van der Waals surface area (Å²) in [7, 11) is 0. The zero-order chi connectivity index (χ0) is 45.3. The minimum absolute atomic E-state index is 0.00906. The number of nitrogens with zero attached hydrogens (tertiary/aromatic N) is 5. The van der Waals surface area contributed by atoms with Crippen LogP contribution in [0.3, 0.4) is 0 Å². The number of hydrogen-bond donors (Lipinski definition) is 2. The highest BCUT2D eigenvalue weighted by molar-refractivity contribution is 5.98. The van der Waals surface area contributed by atoms with E-state index in [-0.39, 0.29) is 16.2 Å². The number of aromatic amines is 2. The van der Waals surface area contributed by atoms with Crippen molar-refractivity contribution >= 4 is 46.4 Å². The van der Waals surface area contributed by atoms with E-state index in [9.17, 15) is 0 Å². The van der Waals surface area contributed by atoms with Crippen molar-refractivity contribution in [2.45, 2.75) is 78.6 Å². The van der Waals surface area contributed by atoms with Gasteiger partial charge in [0.25, 0.3) is 0 Å². The van der Waals surface area contributed by atoms with E-state index < -0.39 is 0 Å². The van der Waals surface area contributed by atoms with Crippen LogP contribution in [0.1, 0.15) is 102 Å². The van der Waals surface area contributed by atoms with Crippen LogP contribution in [0.2, 0.25) is 0 Å². The molecule has 7 nitrogen and oxygen atoms in total. The maximum atomic E-state index is 5.53. The van der Waals surface area contributed by atoms with Gasteiger partial charge in [-0.1, -0.05) is 171 Å². The summed E-state index contributed by atoms with van der Waals surface area (Å²) in [4.78, 5) is 18.8. The fourth-order valence-electron chi connectivity index (χ4n) is 8.87. The third kappa shape index (κ3) is 7.97. The first kappa shape index (κ1) is 41.6. The fraction of sp³-hybridized carbons (Fsp3) is 0.207. The van der Waals surface area contributed by atoms with E-state index >= 15 is 0 Å². The first-order valence-corrected chi connectivity index (χ1v) is 22.6. The molecule has 0 radical (unpaired) electrons. The van der Waals surface area contributed by atoms with Crippen LogP contribution in [0.15, 0.2) is 134 Å². The zero-order valence-corrected chi connectivity index (χ0v) is 38.7. The van der Waals surface area contributed by atoms with Crippen LogP contribution in [-0.2, 0) is 16.2 Å². The molecule has 2 aliphatic rings. The van der Waals surface area contributed by atoms with E-state index in [2.05, 4.69) is 211 Å². The molecule has 0 saturated carbocycles.